The zero-order valence-corrected chi connectivity index (χ0v) is 13.4. The monoisotopic (exact) mass is 329 g/mol. The average Bonchev–Trinajstić information content (AvgIpc) is 3.13. The van der Waals surface area contributed by atoms with Crippen LogP contribution in [0.1, 0.15) is 12.8 Å². The summed E-state index contributed by atoms with van der Waals surface area (Å²) in [5.41, 5.74) is 0.787. The first kappa shape index (κ1) is 16.5. The summed E-state index contributed by atoms with van der Waals surface area (Å²) >= 11 is 0. The number of hydrogen-bond donors (Lipinski definition) is 0. The predicted molar refractivity (Wildman–Crippen MR) is 89.7 cm³/mol. The van der Waals surface area contributed by atoms with Gasteiger partial charge < -0.3 is 14.4 Å². The fraction of sp³-hybridized carbons (Fsp3) is 0.316. The van der Waals surface area contributed by atoms with Gasteiger partial charge in [0, 0.05) is 12.3 Å². The molecule has 1 saturated heterocycles. The number of para-hydroxylation sites is 2. The minimum Gasteiger partial charge on any atom is -0.481 e. The van der Waals surface area contributed by atoms with E-state index < -0.39 is 5.82 Å². The lowest BCUT2D eigenvalue weighted by Gasteiger charge is -2.25. The number of ether oxygens (including phenoxy) is 2. The second-order valence-corrected chi connectivity index (χ2v) is 5.69. The van der Waals surface area contributed by atoms with Gasteiger partial charge in [0.1, 0.15) is 0 Å². The molecule has 1 amide bonds. The van der Waals surface area contributed by atoms with E-state index in [0.29, 0.717) is 6.54 Å². The van der Waals surface area contributed by atoms with Crippen molar-refractivity contribution < 1.29 is 18.7 Å². The third-order valence-electron chi connectivity index (χ3n) is 3.97. The smallest absolute Gasteiger partial charge is 0.265 e. The van der Waals surface area contributed by atoms with E-state index in [9.17, 15) is 9.18 Å². The first-order chi connectivity index (χ1) is 11.7. The normalized spacial score (nSPS) is 16.8. The number of amides is 1. The largest absolute Gasteiger partial charge is 0.481 e. The minimum atomic E-state index is -0.476. The van der Waals surface area contributed by atoms with Crippen LogP contribution >= 0.6 is 0 Å². The summed E-state index contributed by atoms with van der Waals surface area (Å²) in [6.45, 7) is 0.985. The van der Waals surface area contributed by atoms with E-state index in [2.05, 4.69) is 0 Å². The number of halogens is 1. The van der Waals surface area contributed by atoms with Crippen molar-refractivity contribution in [1.29, 1.82) is 0 Å². The van der Waals surface area contributed by atoms with Crippen LogP contribution in [0.3, 0.4) is 0 Å². The van der Waals surface area contributed by atoms with Crippen LogP contribution < -0.4 is 9.64 Å². The Labute approximate surface area is 140 Å². The Balaban J connectivity index is 1.69. The number of anilines is 1. The van der Waals surface area contributed by atoms with E-state index in [1.165, 1.54) is 12.1 Å². The molecule has 0 spiro atoms. The topological polar surface area (TPSA) is 38.8 Å². The average molecular weight is 329 g/mol. The zero-order chi connectivity index (χ0) is 16.8. The van der Waals surface area contributed by atoms with Crippen molar-refractivity contribution in [1.82, 2.24) is 0 Å². The number of carbonyl (C=O) groups is 1. The molecule has 0 N–H and O–H groups in total. The molecule has 3 rings (SSSR count). The first-order valence-electron chi connectivity index (χ1n) is 8.08. The van der Waals surface area contributed by atoms with Crippen LogP contribution in [0.25, 0.3) is 0 Å². The maximum absolute atomic E-state index is 13.6. The summed E-state index contributed by atoms with van der Waals surface area (Å²) < 4.78 is 24.6. The second-order valence-electron chi connectivity index (χ2n) is 5.69. The molecule has 2 aromatic carbocycles. The Morgan fingerprint density at radius 1 is 1.17 bits per heavy atom. The van der Waals surface area contributed by atoms with Gasteiger partial charge in [-0.3, -0.25) is 4.79 Å². The van der Waals surface area contributed by atoms with Gasteiger partial charge in [-0.1, -0.05) is 30.3 Å². The second kappa shape index (κ2) is 7.93. The van der Waals surface area contributed by atoms with Crippen molar-refractivity contribution >= 4 is 11.6 Å². The van der Waals surface area contributed by atoms with Crippen LogP contribution in [-0.4, -0.2) is 31.8 Å². The maximum atomic E-state index is 13.6. The number of benzene rings is 2. The molecule has 4 nitrogen and oxygen atoms in total. The molecule has 1 unspecified atom stereocenters. The van der Waals surface area contributed by atoms with Gasteiger partial charge in [0.25, 0.3) is 5.91 Å². The molecule has 1 fully saturated rings. The molecule has 24 heavy (non-hydrogen) atoms. The molecular weight excluding hydrogens is 309 g/mol. The number of rotatable bonds is 6. The zero-order valence-electron chi connectivity index (χ0n) is 13.4. The lowest BCUT2D eigenvalue weighted by molar-refractivity contribution is -0.121. The number of hydrogen-bond acceptors (Lipinski definition) is 3. The first-order valence-corrected chi connectivity index (χ1v) is 8.08. The van der Waals surface area contributed by atoms with Crippen LogP contribution in [0.5, 0.6) is 5.75 Å². The summed E-state index contributed by atoms with van der Waals surface area (Å²) in [4.78, 5) is 14.3. The van der Waals surface area contributed by atoms with Crippen molar-refractivity contribution in [3.8, 4) is 5.75 Å². The van der Waals surface area contributed by atoms with Crippen molar-refractivity contribution in [3.63, 3.8) is 0 Å². The van der Waals surface area contributed by atoms with Crippen LogP contribution in [0, 0.1) is 5.82 Å². The van der Waals surface area contributed by atoms with Crippen LogP contribution in [0.15, 0.2) is 54.6 Å². The summed E-state index contributed by atoms with van der Waals surface area (Å²) in [7, 11) is 0. The molecule has 5 heteroatoms. The molecule has 0 bridgehead atoms. The molecule has 0 radical (unpaired) electrons. The highest BCUT2D eigenvalue weighted by Gasteiger charge is 2.24. The lowest BCUT2D eigenvalue weighted by Crippen LogP contribution is -2.40. The van der Waals surface area contributed by atoms with Crippen LogP contribution in [0.4, 0.5) is 10.1 Å². The lowest BCUT2D eigenvalue weighted by atomic mass is 10.2. The van der Waals surface area contributed by atoms with Gasteiger partial charge in [0.2, 0.25) is 0 Å². The summed E-state index contributed by atoms with van der Waals surface area (Å²) in [6, 6.07) is 15.5. The van der Waals surface area contributed by atoms with Crippen LogP contribution in [0.2, 0.25) is 0 Å². The van der Waals surface area contributed by atoms with Gasteiger partial charge in [-0.25, -0.2) is 4.39 Å². The Bertz CT molecular complexity index is 671. The quantitative estimate of drug-likeness (QED) is 0.815. The Morgan fingerprint density at radius 3 is 2.62 bits per heavy atom. The van der Waals surface area contributed by atoms with Crippen molar-refractivity contribution in [2.75, 3.05) is 24.7 Å². The van der Waals surface area contributed by atoms with Gasteiger partial charge in [-0.05, 0) is 37.1 Å². The van der Waals surface area contributed by atoms with E-state index in [-0.39, 0.29) is 24.4 Å². The molecule has 0 aromatic heterocycles. The van der Waals surface area contributed by atoms with E-state index in [4.69, 9.17) is 9.47 Å². The highest BCUT2D eigenvalue weighted by atomic mass is 19.1. The Kier molecular flexibility index (Phi) is 5.43. The molecule has 1 heterocycles. The minimum absolute atomic E-state index is 0.0302. The molecule has 0 saturated carbocycles. The molecule has 1 aliphatic heterocycles. The van der Waals surface area contributed by atoms with E-state index in [1.807, 2.05) is 30.3 Å². The summed E-state index contributed by atoms with van der Waals surface area (Å²) in [6.07, 6.45) is 1.97. The Morgan fingerprint density at radius 2 is 1.92 bits per heavy atom. The highest BCUT2D eigenvalue weighted by Crippen LogP contribution is 2.20. The molecule has 0 aliphatic carbocycles. The van der Waals surface area contributed by atoms with Gasteiger partial charge in [-0.2, -0.15) is 0 Å². The molecule has 126 valence electrons. The standard InChI is InChI=1S/C19H20FNO3/c20-17-10-4-5-11-18(17)24-14-19(22)21(13-16-9-6-12-23-16)15-7-2-1-3-8-15/h1-5,7-8,10-11,16H,6,9,12-14H2. The predicted octanol–water partition coefficient (Wildman–Crippen LogP) is 3.42. The number of nitrogens with zero attached hydrogens (tertiary/aromatic N) is 1. The third-order valence-corrected chi connectivity index (χ3v) is 3.97. The van der Waals surface area contributed by atoms with E-state index in [0.717, 1.165) is 25.1 Å². The maximum Gasteiger partial charge on any atom is 0.265 e. The summed E-state index contributed by atoms with van der Waals surface area (Å²) in [5, 5.41) is 0. The fourth-order valence-electron chi connectivity index (χ4n) is 2.73. The van der Waals surface area contributed by atoms with Crippen molar-refractivity contribution in [2.45, 2.75) is 18.9 Å². The van der Waals surface area contributed by atoms with Gasteiger partial charge in [-0.15, -0.1) is 0 Å². The third kappa shape index (κ3) is 4.11. The highest BCUT2D eigenvalue weighted by molar-refractivity contribution is 5.94. The van der Waals surface area contributed by atoms with Gasteiger partial charge in [0.05, 0.1) is 12.6 Å². The van der Waals surface area contributed by atoms with Crippen molar-refractivity contribution in [2.24, 2.45) is 0 Å². The Hall–Kier alpha value is -2.40. The number of carbonyl (C=O) groups excluding carboxylic acids is 1. The molecule has 1 atom stereocenters. The van der Waals surface area contributed by atoms with E-state index in [1.54, 1.807) is 17.0 Å². The van der Waals surface area contributed by atoms with Crippen LogP contribution in [-0.2, 0) is 9.53 Å². The van der Waals surface area contributed by atoms with Gasteiger partial charge >= 0.3 is 0 Å². The molecule has 1 aliphatic rings. The summed E-state index contributed by atoms with van der Waals surface area (Å²) in [5.74, 6) is -0.619. The SMILES string of the molecule is O=C(COc1ccccc1F)N(CC1CCCO1)c1ccccc1. The molecular formula is C19H20FNO3. The van der Waals surface area contributed by atoms with Crippen molar-refractivity contribution in [3.05, 3.63) is 60.4 Å². The molecule has 2 aromatic rings. The fourth-order valence-corrected chi connectivity index (χ4v) is 2.73. The van der Waals surface area contributed by atoms with E-state index >= 15 is 0 Å². The van der Waals surface area contributed by atoms with Gasteiger partial charge in [0.15, 0.2) is 18.2 Å².